The van der Waals surface area contributed by atoms with Crippen LogP contribution < -0.4 is 5.73 Å². The highest BCUT2D eigenvalue weighted by Crippen LogP contribution is 2.19. The first-order valence-corrected chi connectivity index (χ1v) is 7.72. The largest absolute Gasteiger partial charge is 0.329 e. The van der Waals surface area contributed by atoms with Gasteiger partial charge >= 0.3 is 0 Å². The molecule has 0 amide bonds. The van der Waals surface area contributed by atoms with Crippen LogP contribution in [-0.2, 0) is 10.0 Å². The number of nitrogens with two attached hydrogens (primary N) is 1. The van der Waals surface area contributed by atoms with Gasteiger partial charge in [-0.3, -0.25) is 0 Å². The number of nitrogens with zero attached hydrogens (tertiary/aromatic N) is 2. The van der Waals surface area contributed by atoms with Crippen molar-refractivity contribution in [2.24, 2.45) is 11.7 Å². The highest BCUT2D eigenvalue weighted by atomic mass is 32.2. The van der Waals surface area contributed by atoms with Crippen molar-refractivity contribution in [1.82, 2.24) is 9.21 Å². The Kier molecular flexibility index (Phi) is 5.37. The Bertz CT molecular complexity index is 324. The van der Waals surface area contributed by atoms with Crippen LogP contribution in [0, 0.1) is 5.92 Å². The monoisotopic (exact) mass is 263 g/mol. The van der Waals surface area contributed by atoms with Crippen LogP contribution in [0.25, 0.3) is 0 Å². The molecule has 17 heavy (non-hydrogen) atoms. The van der Waals surface area contributed by atoms with Crippen LogP contribution in [0.5, 0.6) is 0 Å². The molecule has 0 aliphatic carbocycles. The molecule has 1 aliphatic rings. The second-order valence-corrected chi connectivity index (χ2v) is 7.58. The van der Waals surface area contributed by atoms with E-state index in [1.807, 2.05) is 0 Å². The molecule has 2 N–H and O–H groups in total. The van der Waals surface area contributed by atoms with Crippen LogP contribution in [0.4, 0.5) is 0 Å². The quantitative estimate of drug-likeness (QED) is 0.754. The summed E-state index contributed by atoms with van der Waals surface area (Å²) in [5, 5.41) is -0.487. The Morgan fingerprint density at radius 2 is 1.94 bits per heavy atom. The Balaban J connectivity index is 2.51. The van der Waals surface area contributed by atoms with Crippen LogP contribution in [-0.4, -0.2) is 63.1 Å². The molecule has 1 atom stereocenters. The van der Waals surface area contributed by atoms with Crippen molar-refractivity contribution in [3.05, 3.63) is 0 Å². The SMILES string of the molecule is CC(CN)S(=O)(=O)N(C)CC1CCN(C)CC1. The molecule has 0 saturated carbocycles. The fraction of sp³-hybridized carbons (Fsp3) is 1.00. The van der Waals surface area contributed by atoms with Gasteiger partial charge in [0.1, 0.15) is 0 Å². The summed E-state index contributed by atoms with van der Waals surface area (Å²) in [5.74, 6) is 0.482. The molecule has 1 heterocycles. The Labute approximate surface area is 105 Å². The third-order valence-corrected chi connectivity index (χ3v) is 5.86. The van der Waals surface area contributed by atoms with E-state index in [9.17, 15) is 8.42 Å². The fourth-order valence-corrected chi connectivity index (χ4v) is 3.42. The summed E-state index contributed by atoms with van der Waals surface area (Å²) in [4.78, 5) is 2.29. The number of rotatable bonds is 5. The third-order valence-electron chi connectivity index (χ3n) is 3.63. The summed E-state index contributed by atoms with van der Waals surface area (Å²) >= 11 is 0. The molecule has 0 aromatic carbocycles. The predicted octanol–water partition coefficient (Wildman–Crippen LogP) is -0.0630. The second kappa shape index (κ2) is 6.13. The minimum Gasteiger partial charge on any atom is -0.329 e. The maximum absolute atomic E-state index is 12.0. The van der Waals surface area contributed by atoms with E-state index in [0.717, 1.165) is 25.9 Å². The molecule has 0 radical (unpaired) electrons. The standard InChI is InChI=1S/C11H25N3O2S/c1-10(8-12)17(15,16)14(3)9-11-4-6-13(2)7-5-11/h10-11H,4-9,12H2,1-3H3. The van der Waals surface area contributed by atoms with Gasteiger partial charge in [0, 0.05) is 20.1 Å². The number of hydrogen-bond acceptors (Lipinski definition) is 4. The van der Waals surface area contributed by atoms with Gasteiger partial charge in [-0.15, -0.1) is 0 Å². The van der Waals surface area contributed by atoms with E-state index < -0.39 is 15.3 Å². The van der Waals surface area contributed by atoms with Gasteiger partial charge in [0.15, 0.2) is 0 Å². The van der Waals surface area contributed by atoms with Gasteiger partial charge in [-0.05, 0) is 45.8 Å². The van der Waals surface area contributed by atoms with Crippen LogP contribution in [0.3, 0.4) is 0 Å². The molecule has 102 valence electrons. The average molecular weight is 263 g/mol. The van der Waals surface area contributed by atoms with Gasteiger partial charge in [0.05, 0.1) is 5.25 Å². The summed E-state index contributed by atoms with van der Waals surface area (Å²) in [7, 11) is 0.564. The third kappa shape index (κ3) is 3.91. The highest BCUT2D eigenvalue weighted by molar-refractivity contribution is 7.89. The molecule has 1 unspecified atom stereocenters. The number of likely N-dealkylation sites (tertiary alicyclic amines) is 1. The minimum absolute atomic E-state index is 0.181. The molecule has 6 heteroatoms. The summed E-state index contributed by atoms with van der Waals surface area (Å²) in [6.07, 6.45) is 2.15. The second-order valence-electron chi connectivity index (χ2n) is 5.12. The smallest absolute Gasteiger partial charge is 0.217 e. The Morgan fingerprint density at radius 1 is 1.41 bits per heavy atom. The molecule has 0 aromatic rings. The van der Waals surface area contributed by atoms with Crippen molar-refractivity contribution in [1.29, 1.82) is 0 Å². The van der Waals surface area contributed by atoms with Gasteiger partial charge in [-0.1, -0.05) is 0 Å². The van der Waals surface area contributed by atoms with Gasteiger partial charge in [-0.25, -0.2) is 12.7 Å². The minimum atomic E-state index is -3.21. The van der Waals surface area contributed by atoms with E-state index in [4.69, 9.17) is 5.73 Å². The van der Waals surface area contributed by atoms with Crippen molar-refractivity contribution in [3.63, 3.8) is 0 Å². The number of sulfonamides is 1. The van der Waals surface area contributed by atoms with Crippen molar-refractivity contribution < 1.29 is 8.42 Å². The molecule has 1 saturated heterocycles. The molecule has 1 aliphatic heterocycles. The zero-order chi connectivity index (χ0) is 13.1. The van der Waals surface area contributed by atoms with Gasteiger partial charge in [-0.2, -0.15) is 0 Å². The van der Waals surface area contributed by atoms with E-state index >= 15 is 0 Å². The van der Waals surface area contributed by atoms with Crippen molar-refractivity contribution >= 4 is 10.0 Å². The lowest BCUT2D eigenvalue weighted by Crippen LogP contribution is -2.42. The molecule has 1 fully saturated rings. The molecule has 5 nitrogen and oxygen atoms in total. The summed E-state index contributed by atoms with van der Waals surface area (Å²) in [6.45, 7) is 4.59. The van der Waals surface area contributed by atoms with Crippen LogP contribution in [0.2, 0.25) is 0 Å². The molecule has 0 spiro atoms. The van der Waals surface area contributed by atoms with E-state index in [-0.39, 0.29) is 6.54 Å². The molecular weight excluding hydrogens is 238 g/mol. The molecule has 0 aromatic heterocycles. The summed E-state index contributed by atoms with van der Waals surface area (Å²) in [5.41, 5.74) is 5.43. The van der Waals surface area contributed by atoms with Gasteiger partial charge < -0.3 is 10.6 Å². The van der Waals surface area contributed by atoms with E-state index in [0.29, 0.717) is 12.5 Å². The summed E-state index contributed by atoms with van der Waals surface area (Å²) < 4.78 is 25.6. The maximum Gasteiger partial charge on any atom is 0.217 e. The zero-order valence-electron chi connectivity index (χ0n) is 11.1. The van der Waals surface area contributed by atoms with E-state index in [2.05, 4.69) is 11.9 Å². The Morgan fingerprint density at radius 3 is 2.41 bits per heavy atom. The van der Waals surface area contributed by atoms with E-state index in [1.54, 1.807) is 14.0 Å². The first-order chi connectivity index (χ1) is 7.87. The maximum atomic E-state index is 12.0. The van der Waals surface area contributed by atoms with Crippen LogP contribution in [0.1, 0.15) is 19.8 Å². The predicted molar refractivity (Wildman–Crippen MR) is 70.3 cm³/mol. The highest BCUT2D eigenvalue weighted by Gasteiger charge is 2.27. The first-order valence-electron chi connectivity index (χ1n) is 6.21. The zero-order valence-corrected chi connectivity index (χ0v) is 11.9. The molecule has 0 bridgehead atoms. The normalized spacial score (nSPS) is 21.9. The van der Waals surface area contributed by atoms with Gasteiger partial charge in [0.2, 0.25) is 10.0 Å². The van der Waals surface area contributed by atoms with Crippen LogP contribution >= 0.6 is 0 Å². The lowest BCUT2D eigenvalue weighted by Gasteiger charge is -2.32. The van der Waals surface area contributed by atoms with Crippen molar-refractivity contribution in [2.75, 3.05) is 40.3 Å². The lowest BCUT2D eigenvalue weighted by atomic mass is 9.97. The average Bonchev–Trinajstić information content (AvgIpc) is 2.30. The Hall–Kier alpha value is -0.170. The molecular formula is C11H25N3O2S. The van der Waals surface area contributed by atoms with Gasteiger partial charge in [0.25, 0.3) is 0 Å². The number of piperidine rings is 1. The van der Waals surface area contributed by atoms with Crippen molar-refractivity contribution in [3.8, 4) is 0 Å². The van der Waals surface area contributed by atoms with E-state index in [1.165, 1.54) is 4.31 Å². The first kappa shape index (κ1) is 14.9. The lowest BCUT2D eigenvalue weighted by molar-refractivity contribution is 0.202. The molecule has 1 rings (SSSR count). The van der Waals surface area contributed by atoms with Crippen molar-refractivity contribution in [2.45, 2.75) is 25.0 Å². The summed E-state index contributed by atoms with van der Waals surface area (Å²) in [6, 6.07) is 0. The topological polar surface area (TPSA) is 66.6 Å². The van der Waals surface area contributed by atoms with Crippen LogP contribution in [0.15, 0.2) is 0 Å². The fourth-order valence-electron chi connectivity index (χ4n) is 2.14. The number of hydrogen-bond donors (Lipinski definition) is 1.